The lowest BCUT2D eigenvalue weighted by Gasteiger charge is -2.12. The van der Waals surface area contributed by atoms with Crippen LogP contribution in [0.25, 0.3) is 0 Å². The molecule has 0 saturated heterocycles. The Morgan fingerprint density at radius 3 is 2.05 bits per heavy atom. The van der Waals surface area contributed by atoms with Gasteiger partial charge in [-0.2, -0.15) is 0 Å². The van der Waals surface area contributed by atoms with E-state index in [-0.39, 0.29) is 11.8 Å². The maximum atomic E-state index is 11.7. The van der Waals surface area contributed by atoms with Crippen molar-refractivity contribution in [1.82, 2.24) is 0 Å². The van der Waals surface area contributed by atoms with E-state index in [9.17, 15) is 4.79 Å². The van der Waals surface area contributed by atoms with Crippen molar-refractivity contribution >= 4 is 40.3 Å². The number of hydrogen-bond donors (Lipinski definition) is 3. The molecule has 2 aromatic rings. The molecule has 0 saturated carbocycles. The molecule has 2 aromatic carbocycles. The monoisotopic (exact) mass is 313 g/mol. The Hall–Kier alpha value is -2.40. The number of benzene rings is 2. The van der Waals surface area contributed by atoms with Crippen LogP contribution in [0.2, 0.25) is 0 Å². The number of rotatable bonds is 4. The van der Waals surface area contributed by atoms with Crippen LogP contribution in [0.1, 0.15) is 13.8 Å². The van der Waals surface area contributed by atoms with E-state index >= 15 is 0 Å². The van der Waals surface area contributed by atoms with Crippen LogP contribution in [0.3, 0.4) is 0 Å². The molecule has 3 N–H and O–H groups in total. The van der Waals surface area contributed by atoms with Crippen LogP contribution in [-0.2, 0) is 4.79 Å². The van der Waals surface area contributed by atoms with Gasteiger partial charge in [0.15, 0.2) is 5.11 Å². The van der Waals surface area contributed by atoms with E-state index in [1.165, 1.54) is 0 Å². The summed E-state index contributed by atoms with van der Waals surface area (Å²) < 4.78 is 0. The molecule has 22 heavy (non-hydrogen) atoms. The summed E-state index contributed by atoms with van der Waals surface area (Å²) in [5, 5.41) is 9.56. The molecular weight excluding hydrogens is 294 g/mol. The van der Waals surface area contributed by atoms with Crippen molar-refractivity contribution in [2.24, 2.45) is 5.92 Å². The minimum atomic E-state index is -0.0579. The number of nitrogens with one attached hydrogen (secondary N) is 3. The first kappa shape index (κ1) is 16.0. The number of para-hydroxylation sites is 1. The van der Waals surface area contributed by atoms with E-state index < -0.39 is 0 Å². The standard InChI is InChI=1S/C17H19N3OS/c1-12(2)16(21)18-14-9-6-10-15(11-14)20-17(22)19-13-7-4-3-5-8-13/h3-12H,1-2H3,(H,18,21)(H2,19,20,22). The number of carbonyl (C=O) groups is 1. The van der Waals surface area contributed by atoms with Gasteiger partial charge in [-0.1, -0.05) is 38.1 Å². The maximum absolute atomic E-state index is 11.7. The average molecular weight is 313 g/mol. The van der Waals surface area contributed by atoms with Crippen LogP contribution in [0.5, 0.6) is 0 Å². The highest BCUT2D eigenvalue weighted by molar-refractivity contribution is 7.80. The average Bonchev–Trinajstić information content (AvgIpc) is 2.48. The predicted octanol–water partition coefficient (Wildman–Crippen LogP) is 4.09. The molecule has 1 amide bonds. The van der Waals surface area contributed by atoms with Crippen LogP contribution in [0.4, 0.5) is 17.1 Å². The van der Waals surface area contributed by atoms with E-state index in [1.807, 2.05) is 68.4 Å². The number of anilines is 3. The van der Waals surface area contributed by atoms with Gasteiger partial charge in [-0.3, -0.25) is 4.79 Å². The zero-order valence-corrected chi connectivity index (χ0v) is 13.4. The third-order valence-corrected chi connectivity index (χ3v) is 3.15. The highest BCUT2D eigenvalue weighted by Crippen LogP contribution is 2.16. The largest absolute Gasteiger partial charge is 0.332 e. The molecule has 0 spiro atoms. The Bertz CT molecular complexity index is 656. The Kier molecular flexibility index (Phi) is 5.49. The fourth-order valence-corrected chi connectivity index (χ4v) is 2.01. The second-order valence-electron chi connectivity index (χ2n) is 5.17. The smallest absolute Gasteiger partial charge is 0.226 e. The van der Waals surface area contributed by atoms with Gasteiger partial charge in [-0.05, 0) is 42.5 Å². The van der Waals surface area contributed by atoms with Crippen molar-refractivity contribution in [3.05, 3.63) is 54.6 Å². The lowest BCUT2D eigenvalue weighted by Crippen LogP contribution is -2.20. The first-order valence-electron chi connectivity index (χ1n) is 7.08. The van der Waals surface area contributed by atoms with Crippen molar-refractivity contribution in [3.63, 3.8) is 0 Å². The number of amides is 1. The summed E-state index contributed by atoms with van der Waals surface area (Å²) in [6.07, 6.45) is 0. The Morgan fingerprint density at radius 2 is 1.41 bits per heavy atom. The lowest BCUT2D eigenvalue weighted by molar-refractivity contribution is -0.118. The van der Waals surface area contributed by atoms with Crippen molar-refractivity contribution in [2.75, 3.05) is 16.0 Å². The molecule has 0 bridgehead atoms. The molecule has 0 heterocycles. The summed E-state index contributed by atoms with van der Waals surface area (Å²) in [6.45, 7) is 3.71. The van der Waals surface area contributed by atoms with Gasteiger partial charge < -0.3 is 16.0 Å². The zero-order valence-electron chi connectivity index (χ0n) is 12.6. The van der Waals surface area contributed by atoms with Crippen LogP contribution < -0.4 is 16.0 Å². The van der Waals surface area contributed by atoms with Crippen LogP contribution in [0, 0.1) is 5.92 Å². The highest BCUT2D eigenvalue weighted by atomic mass is 32.1. The van der Waals surface area contributed by atoms with E-state index in [0.717, 1.165) is 17.1 Å². The fraction of sp³-hybridized carbons (Fsp3) is 0.176. The van der Waals surface area contributed by atoms with Crippen molar-refractivity contribution in [1.29, 1.82) is 0 Å². The van der Waals surface area contributed by atoms with E-state index in [2.05, 4.69) is 16.0 Å². The van der Waals surface area contributed by atoms with Crippen molar-refractivity contribution < 1.29 is 4.79 Å². The molecule has 0 unspecified atom stereocenters. The quantitative estimate of drug-likeness (QED) is 0.744. The van der Waals surface area contributed by atoms with Gasteiger partial charge in [0.05, 0.1) is 0 Å². The first-order chi connectivity index (χ1) is 10.5. The number of thiocarbonyl (C=S) groups is 1. The molecule has 114 valence electrons. The number of hydrogen-bond acceptors (Lipinski definition) is 2. The molecular formula is C17H19N3OS. The number of carbonyl (C=O) groups excluding carboxylic acids is 1. The van der Waals surface area contributed by atoms with Crippen LogP contribution >= 0.6 is 12.2 Å². The minimum Gasteiger partial charge on any atom is -0.332 e. The molecule has 0 aliphatic carbocycles. The molecule has 0 aliphatic rings. The van der Waals surface area contributed by atoms with Gasteiger partial charge >= 0.3 is 0 Å². The third kappa shape index (κ3) is 4.86. The summed E-state index contributed by atoms with van der Waals surface area (Å²) in [5.41, 5.74) is 2.48. The van der Waals surface area contributed by atoms with Gasteiger partial charge in [-0.15, -0.1) is 0 Å². The van der Waals surface area contributed by atoms with Gasteiger partial charge in [0.1, 0.15) is 0 Å². The zero-order chi connectivity index (χ0) is 15.9. The first-order valence-corrected chi connectivity index (χ1v) is 7.49. The predicted molar refractivity (Wildman–Crippen MR) is 96.2 cm³/mol. The normalized spacial score (nSPS) is 10.1. The summed E-state index contributed by atoms with van der Waals surface area (Å²) in [4.78, 5) is 11.7. The van der Waals surface area contributed by atoms with Crippen LogP contribution in [0.15, 0.2) is 54.6 Å². The summed E-state index contributed by atoms with van der Waals surface area (Å²) in [5.74, 6) is -0.0698. The molecule has 0 aromatic heterocycles. The second-order valence-corrected chi connectivity index (χ2v) is 5.58. The topological polar surface area (TPSA) is 53.2 Å². The fourth-order valence-electron chi connectivity index (χ4n) is 1.78. The molecule has 0 atom stereocenters. The molecule has 0 fully saturated rings. The Morgan fingerprint density at radius 1 is 0.864 bits per heavy atom. The molecule has 0 aliphatic heterocycles. The molecule has 2 rings (SSSR count). The summed E-state index contributed by atoms with van der Waals surface area (Å²) >= 11 is 5.28. The van der Waals surface area contributed by atoms with Gasteiger partial charge in [-0.25, -0.2) is 0 Å². The second kappa shape index (κ2) is 7.56. The van der Waals surface area contributed by atoms with Crippen molar-refractivity contribution in [3.8, 4) is 0 Å². The van der Waals surface area contributed by atoms with E-state index in [0.29, 0.717) is 5.11 Å². The van der Waals surface area contributed by atoms with Crippen molar-refractivity contribution in [2.45, 2.75) is 13.8 Å². The summed E-state index contributed by atoms with van der Waals surface area (Å²) in [6, 6.07) is 17.1. The third-order valence-electron chi connectivity index (χ3n) is 2.94. The van der Waals surface area contributed by atoms with E-state index in [1.54, 1.807) is 0 Å². The van der Waals surface area contributed by atoms with Gasteiger partial charge in [0.2, 0.25) is 5.91 Å². The molecule has 4 nitrogen and oxygen atoms in total. The van der Waals surface area contributed by atoms with Crippen LogP contribution in [-0.4, -0.2) is 11.0 Å². The van der Waals surface area contributed by atoms with Gasteiger partial charge in [0, 0.05) is 23.0 Å². The minimum absolute atomic E-state index is 0.0119. The van der Waals surface area contributed by atoms with E-state index in [4.69, 9.17) is 12.2 Å². The lowest BCUT2D eigenvalue weighted by atomic mass is 10.2. The SMILES string of the molecule is CC(C)C(=O)Nc1cccc(NC(=S)Nc2ccccc2)c1. The van der Waals surface area contributed by atoms with Gasteiger partial charge in [0.25, 0.3) is 0 Å². The summed E-state index contributed by atoms with van der Waals surface area (Å²) in [7, 11) is 0. The Balaban J connectivity index is 1.98. The molecule has 5 heteroatoms. The Labute approximate surface area is 135 Å². The highest BCUT2D eigenvalue weighted by Gasteiger charge is 2.07. The maximum Gasteiger partial charge on any atom is 0.226 e. The molecule has 0 radical (unpaired) electrons.